The van der Waals surface area contributed by atoms with Gasteiger partial charge in [-0.2, -0.15) is 0 Å². The van der Waals surface area contributed by atoms with Crippen LogP contribution >= 0.6 is 11.3 Å². The van der Waals surface area contributed by atoms with Crippen LogP contribution in [-0.4, -0.2) is 4.98 Å². The van der Waals surface area contributed by atoms with Crippen LogP contribution in [0.2, 0.25) is 0 Å². The first-order valence-electron chi connectivity index (χ1n) is 3.91. The summed E-state index contributed by atoms with van der Waals surface area (Å²) in [6.07, 6.45) is 1.84. The zero-order chi connectivity index (χ0) is 8.85. The molecule has 0 saturated carbocycles. The molecule has 0 saturated heterocycles. The van der Waals surface area contributed by atoms with Gasteiger partial charge in [-0.1, -0.05) is 27.7 Å². The number of nitrogen functional groups attached to an aromatic ring is 1. The highest BCUT2D eigenvalue weighted by atomic mass is 32.1. The average molecular weight is 172 g/mol. The Labute approximate surface area is 72.5 Å². The third-order valence-corrected chi connectivity index (χ3v) is 2.24. The lowest BCUT2D eigenvalue weighted by molar-refractivity contribution is 0.885. The number of hydrogen-bond donors (Lipinski definition) is 1. The van der Waals surface area contributed by atoms with E-state index in [-0.39, 0.29) is 0 Å². The van der Waals surface area contributed by atoms with Crippen molar-refractivity contribution in [2.24, 2.45) is 0 Å². The maximum Gasteiger partial charge on any atom is 0.180 e. The molecule has 2 N–H and O–H groups in total. The van der Waals surface area contributed by atoms with Gasteiger partial charge in [-0.25, -0.2) is 4.98 Å². The van der Waals surface area contributed by atoms with Crippen molar-refractivity contribution in [3.05, 3.63) is 11.1 Å². The largest absolute Gasteiger partial charge is 0.375 e. The average Bonchev–Trinajstić information content (AvgIpc) is 2.40. The molecule has 0 fully saturated rings. The monoisotopic (exact) mass is 172 g/mol. The molecule has 0 unspecified atom stereocenters. The van der Waals surface area contributed by atoms with Crippen LogP contribution in [0.3, 0.4) is 0 Å². The van der Waals surface area contributed by atoms with E-state index in [2.05, 4.69) is 18.8 Å². The Morgan fingerprint density at radius 2 is 2.00 bits per heavy atom. The maximum atomic E-state index is 5.42. The molecule has 0 aliphatic carbocycles. The van der Waals surface area contributed by atoms with Crippen LogP contribution in [0.5, 0.6) is 0 Å². The highest BCUT2D eigenvalue weighted by molar-refractivity contribution is 7.15. The molecule has 0 spiro atoms. The lowest BCUT2D eigenvalue weighted by Gasteiger charge is -1.94. The second-order valence-electron chi connectivity index (χ2n) is 2.26. The second kappa shape index (κ2) is 5.13. The van der Waals surface area contributed by atoms with Crippen molar-refractivity contribution in [1.29, 1.82) is 0 Å². The summed E-state index contributed by atoms with van der Waals surface area (Å²) >= 11 is 1.56. The van der Waals surface area contributed by atoms with E-state index in [9.17, 15) is 0 Å². The molecule has 3 heteroatoms. The Morgan fingerprint density at radius 3 is 2.18 bits per heavy atom. The molecule has 64 valence electrons. The minimum Gasteiger partial charge on any atom is -0.375 e. The molecule has 0 amide bonds. The van der Waals surface area contributed by atoms with Crippen LogP contribution in [0.1, 0.15) is 38.5 Å². The number of anilines is 1. The Kier molecular flexibility index (Phi) is 4.86. The summed E-state index contributed by atoms with van der Waals surface area (Å²) < 4.78 is 0. The minimum absolute atomic E-state index is 0.555. The van der Waals surface area contributed by atoms with E-state index in [0.717, 1.165) is 0 Å². The number of thiazole rings is 1. The zero-order valence-electron chi connectivity index (χ0n) is 7.59. The van der Waals surface area contributed by atoms with Crippen LogP contribution in [-0.2, 0) is 0 Å². The van der Waals surface area contributed by atoms with Gasteiger partial charge in [-0.15, -0.1) is 11.3 Å². The van der Waals surface area contributed by atoms with Gasteiger partial charge in [-0.05, 0) is 5.92 Å². The molecule has 0 radical (unpaired) electrons. The third kappa shape index (κ3) is 3.37. The quantitative estimate of drug-likeness (QED) is 0.707. The highest BCUT2D eigenvalue weighted by Crippen LogP contribution is 2.22. The molecule has 0 atom stereocenters. The predicted molar refractivity (Wildman–Crippen MR) is 52.0 cm³/mol. The van der Waals surface area contributed by atoms with E-state index in [1.54, 1.807) is 11.3 Å². The summed E-state index contributed by atoms with van der Waals surface area (Å²) in [5.74, 6) is 0.555. The van der Waals surface area contributed by atoms with Crippen LogP contribution < -0.4 is 5.73 Å². The number of rotatable bonds is 1. The topological polar surface area (TPSA) is 38.9 Å². The number of aromatic nitrogens is 1. The number of hydrogen-bond acceptors (Lipinski definition) is 3. The van der Waals surface area contributed by atoms with E-state index in [1.807, 2.05) is 20.0 Å². The molecule has 0 bridgehead atoms. The minimum atomic E-state index is 0.555. The standard InChI is InChI=1S/C6H10N2S.C2H6/c1-4(2)5-3-8-6(7)9-5;1-2/h3-4H,1-2H3,(H2,7,8);1-2H3. The van der Waals surface area contributed by atoms with Gasteiger partial charge in [0.15, 0.2) is 5.13 Å². The Bertz CT molecular complexity index is 194. The molecule has 1 aromatic heterocycles. The molecule has 1 aromatic rings. The number of nitrogens with two attached hydrogens (primary N) is 1. The first-order valence-corrected chi connectivity index (χ1v) is 4.73. The molecular formula is C8H16N2S. The van der Waals surface area contributed by atoms with Crippen molar-refractivity contribution >= 4 is 16.5 Å². The van der Waals surface area contributed by atoms with Crippen molar-refractivity contribution in [2.45, 2.75) is 33.6 Å². The summed E-state index contributed by atoms with van der Waals surface area (Å²) in [6.45, 7) is 8.26. The van der Waals surface area contributed by atoms with Crippen molar-refractivity contribution < 1.29 is 0 Å². The lowest BCUT2D eigenvalue weighted by Crippen LogP contribution is -1.78. The van der Waals surface area contributed by atoms with E-state index in [0.29, 0.717) is 11.0 Å². The smallest absolute Gasteiger partial charge is 0.180 e. The van der Waals surface area contributed by atoms with Gasteiger partial charge in [-0.3, -0.25) is 0 Å². The van der Waals surface area contributed by atoms with E-state index < -0.39 is 0 Å². The molecule has 1 heterocycles. The summed E-state index contributed by atoms with van der Waals surface area (Å²) in [5.41, 5.74) is 5.42. The summed E-state index contributed by atoms with van der Waals surface area (Å²) in [5, 5.41) is 0.665. The van der Waals surface area contributed by atoms with Crippen molar-refractivity contribution in [3.8, 4) is 0 Å². The summed E-state index contributed by atoms with van der Waals surface area (Å²) in [4.78, 5) is 5.19. The van der Waals surface area contributed by atoms with Gasteiger partial charge in [0.1, 0.15) is 0 Å². The Hall–Kier alpha value is -0.570. The summed E-state index contributed by atoms with van der Waals surface area (Å²) in [7, 11) is 0. The van der Waals surface area contributed by atoms with Gasteiger partial charge in [0.2, 0.25) is 0 Å². The van der Waals surface area contributed by atoms with E-state index in [1.165, 1.54) is 4.88 Å². The van der Waals surface area contributed by atoms with Gasteiger partial charge in [0.25, 0.3) is 0 Å². The fraction of sp³-hybridized carbons (Fsp3) is 0.625. The molecule has 11 heavy (non-hydrogen) atoms. The highest BCUT2D eigenvalue weighted by Gasteiger charge is 2.01. The normalized spacial score (nSPS) is 9.18. The van der Waals surface area contributed by atoms with Gasteiger partial charge in [0.05, 0.1) is 0 Å². The SMILES string of the molecule is CC.CC(C)c1cnc(N)s1. The first-order chi connectivity index (χ1) is 5.20. The fourth-order valence-electron chi connectivity index (χ4n) is 0.568. The van der Waals surface area contributed by atoms with Gasteiger partial charge in [0, 0.05) is 11.1 Å². The molecule has 0 aliphatic rings. The summed E-state index contributed by atoms with van der Waals surface area (Å²) in [6, 6.07) is 0. The molecule has 0 aliphatic heterocycles. The lowest BCUT2D eigenvalue weighted by atomic mass is 10.2. The van der Waals surface area contributed by atoms with E-state index >= 15 is 0 Å². The first kappa shape index (κ1) is 10.4. The molecular weight excluding hydrogens is 156 g/mol. The van der Waals surface area contributed by atoms with Gasteiger partial charge >= 0.3 is 0 Å². The third-order valence-electron chi connectivity index (χ3n) is 1.11. The Morgan fingerprint density at radius 1 is 1.45 bits per heavy atom. The van der Waals surface area contributed by atoms with Crippen molar-refractivity contribution in [3.63, 3.8) is 0 Å². The molecule has 1 rings (SSSR count). The number of nitrogens with zero attached hydrogens (tertiary/aromatic N) is 1. The molecule has 0 aromatic carbocycles. The van der Waals surface area contributed by atoms with Gasteiger partial charge < -0.3 is 5.73 Å². The van der Waals surface area contributed by atoms with E-state index in [4.69, 9.17) is 5.73 Å². The molecule has 2 nitrogen and oxygen atoms in total. The second-order valence-corrected chi connectivity index (χ2v) is 3.35. The van der Waals surface area contributed by atoms with Crippen molar-refractivity contribution in [2.75, 3.05) is 5.73 Å². The maximum absolute atomic E-state index is 5.42. The fourth-order valence-corrected chi connectivity index (χ4v) is 1.26. The van der Waals surface area contributed by atoms with Crippen molar-refractivity contribution in [1.82, 2.24) is 4.98 Å². The van der Waals surface area contributed by atoms with Crippen LogP contribution in [0, 0.1) is 0 Å². The predicted octanol–water partition coefficient (Wildman–Crippen LogP) is 2.87. The van der Waals surface area contributed by atoms with Crippen LogP contribution in [0.4, 0.5) is 5.13 Å². The zero-order valence-corrected chi connectivity index (χ0v) is 8.40. The Balaban J connectivity index is 0.000000461. The van der Waals surface area contributed by atoms with Crippen LogP contribution in [0.25, 0.3) is 0 Å². The van der Waals surface area contributed by atoms with Crippen LogP contribution in [0.15, 0.2) is 6.20 Å².